The fourth-order valence-corrected chi connectivity index (χ4v) is 2.83. The van der Waals surface area contributed by atoms with Crippen molar-refractivity contribution in [3.63, 3.8) is 0 Å². The van der Waals surface area contributed by atoms with Gasteiger partial charge in [-0.3, -0.25) is 4.79 Å². The first-order chi connectivity index (χ1) is 10.6. The number of anilines is 2. The lowest BCUT2D eigenvalue weighted by Crippen LogP contribution is -2.24. The summed E-state index contributed by atoms with van der Waals surface area (Å²) in [6.45, 7) is 5.90. The van der Waals surface area contributed by atoms with Gasteiger partial charge in [0.15, 0.2) is 5.82 Å². The van der Waals surface area contributed by atoms with Crippen molar-refractivity contribution in [3.05, 3.63) is 50.5 Å². The Morgan fingerprint density at radius 3 is 2.86 bits per heavy atom. The molecule has 3 rings (SSSR count). The van der Waals surface area contributed by atoms with Crippen LogP contribution in [0.15, 0.2) is 33.8 Å². The van der Waals surface area contributed by atoms with Crippen LogP contribution in [0.25, 0.3) is 0 Å². The Labute approximate surface area is 138 Å². The highest BCUT2D eigenvalue weighted by atomic mass is 79.9. The van der Waals surface area contributed by atoms with Gasteiger partial charge in [0.1, 0.15) is 4.60 Å². The lowest BCUT2D eigenvalue weighted by molar-refractivity contribution is 0.644. The van der Waals surface area contributed by atoms with Gasteiger partial charge in [0, 0.05) is 25.5 Å². The minimum Gasteiger partial charge on any atom is -0.336 e. The largest absolute Gasteiger partial charge is 0.336 e. The van der Waals surface area contributed by atoms with Crippen LogP contribution >= 0.6 is 15.9 Å². The SMILES string of the molecule is CC.Cn1cc(Br)nc(Nc2ccc3c(c2)CCNC3)c1=O. The molecule has 0 aliphatic carbocycles. The van der Waals surface area contributed by atoms with Gasteiger partial charge in [-0.25, -0.2) is 4.98 Å². The van der Waals surface area contributed by atoms with Crippen molar-refractivity contribution < 1.29 is 0 Å². The molecule has 22 heavy (non-hydrogen) atoms. The van der Waals surface area contributed by atoms with Gasteiger partial charge in [0.25, 0.3) is 5.56 Å². The van der Waals surface area contributed by atoms with Gasteiger partial charge >= 0.3 is 0 Å². The molecule has 6 heteroatoms. The second-order valence-electron chi connectivity index (χ2n) is 4.86. The molecule has 0 bridgehead atoms. The maximum atomic E-state index is 12.0. The van der Waals surface area contributed by atoms with Gasteiger partial charge in [-0.15, -0.1) is 0 Å². The Hall–Kier alpha value is -1.66. The zero-order valence-corrected chi connectivity index (χ0v) is 14.7. The third-order valence-corrected chi connectivity index (χ3v) is 3.78. The van der Waals surface area contributed by atoms with Gasteiger partial charge in [0.2, 0.25) is 0 Å². The van der Waals surface area contributed by atoms with Crippen LogP contribution in [0.5, 0.6) is 0 Å². The highest BCUT2D eigenvalue weighted by Gasteiger charge is 2.10. The van der Waals surface area contributed by atoms with Crippen LogP contribution in [-0.2, 0) is 20.0 Å². The van der Waals surface area contributed by atoms with Gasteiger partial charge < -0.3 is 15.2 Å². The van der Waals surface area contributed by atoms with E-state index in [9.17, 15) is 4.79 Å². The fourth-order valence-electron chi connectivity index (χ4n) is 2.34. The summed E-state index contributed by atoms with van der Waals surface area (Å²) in [6.07, 6.45) is 2.65. The number of fused-ring (bicyclic) bond motifs is 1. The van der Waals surface area contributed by atoms with Gasteiger partial charge in [-0.1, -0.05) is 19.9 Å². The fraction of sp³-hybridized carbons (Fsp3) is 0.375. The van der Waals surface area contributed by atoms with E-state index in [4.69, 9.17) is 0 Å². The summed E-state index contributed by atoms with van der Waals surface area (Å²) >= 11 is 3.30. The lowest BCUT2D eigenvalue weighted by atomic mass is 10.0. The van der Waals surface area contributed by atoms with Crippen LogP contribution in [0.1, 0.15) is 25.0 Å². The molecule has 2 N–H and O–H groups in total. The molecule has 0 amide bonds. The Kier molecular flexibility index (Phi) is 5.74. The van der Waals surface area contributed by atoms with Crippen LogP contribution < -0.4 is 16.2 Å². The monoisotopic (exact) mass is 364 g/mol. The highest BCUT2D eigenvalue weighted by molar-refractivity contribution is 9.10. The zero-order chi connectivity index (χ0) is 16.1. The first-order valence-corrected chi connectivity index (χ1v) is 8.25. The third kappa shape index (κ3) is 3.75. The van der Waals surface area contributed by atoms with Crippen LogP contribution in [0, 0.1) is 0 Å². The standard InChI is InChI=1S/C14H15BrN4O.C2H6/c1-19-8-12(15)18-13(14(19)20)17-11-3-2-10-7-16-5-4-9(10)6-11;1-2/h2-3,6,8,16H,4-5,7H2,1H3,(H,17,18);1-2H3. The molecular weight excluding hydrogens is 344 g/mol. The number of nitrogens with zero attached hydrogens (tertiary/aromatic N) is 2. The molecule has 0 unspecified atom stereocenters. The number of nitrogens with one attached hydrogen (secondary N) is 2. The van der Waals surface area contributed by atoms with E-state index < -0.39 is 0 Å². The quantitative estimate of drug-likeness (QED) is 0.859. The highest BCUT2D eigenvalue weighted by Crippen LogP contribution is 2.21. The molecule has 0 spiro atoms. The maximum absolute atomic E-state index is 12.0. The zero-order valence-electron chi connectivity index (χ0n) is 13.1. The number of benzene rings is 1. The maximum Gasteiger partial charge on any atom is 0.293 e. The van der Waals surface area contributed by atoms with Crippen molar-refractivity contribution in [1.29, 1.82) is 0 Å². The Balaban J connectivity index is 0.000000847. The van der Waals surface area contributed by atoms with Gasteiger partial charge in [-0.05, 0) is 52.2 Å². The molecular formula is C16H21BrN4O. The minimum atomic E-state index is -0.146. The summed E-state index contributed by atoms with van der Waals surface area (Å²) in [5, 5.41) is 6.45. The predicted molar refractivity (Wildman–Crippen MR) is 93.7 cm³/mol. The molecule has 1 aliphatic heterocycles. The summed E-state index contributed by atoms with van der Waals surface area (Å²) in [5.74, 6) is 0.329. The van der Waals surface area contributed by atoms with Crippen molar-refractivity contribution in [2.45, 2.75) is 26.8 Å². The lowest BCUT2D eigenvalue weighted by Gasteiger charge is -2.18. The van der Waals surface area contributed by atoms with E-state index in [1.165, 1.54) is 15.7 Å². The Morgan fingerprint density at radius 2 is 2.09 bits per heavy atom. The van der Waals surface area contributed by atoms with E-state index in [0.717, 1.165) is 25.2 Å². The average molecular weight is 365 g/mol. The predicted octanol–water partition coefficient (Wildman–Crippen LogP) is 2.96. The molecule has 2 heterocycles. The first-order valence-electron chi connectivity index (χ1n) is 7.46. The molecule has 0 saturated carbocycles. The molecule has 0 atom stereocenters. The van der Waals surface area contributed by atoms with Crippen molar-refractivity contribution in [2.24, 2.45) is 7.05 Å². The number of aryl methyl sites for hydroxylation is 1. The van der Waals surface area contributed by atoms with Gasteiger partial charge in [0.05, 0.1) is 0 Å². The topological polar surface area (TPSA) is 59.0 Å². The van der Waals surface area contributed by atoms with Crippen molar-refractivity contribution in [1.82, 2.24) is 14.9 Å². The van der Waals surface area contributed by atoms with Crippen molar-refractivity contribution in [2.75, 3.05) is 11.9 Å². The second-order valence-corrected chi connectivity index (χ2v) is 5.68. The van der Waals surface area contributed by atoms with E-state index in [-0.39, 0.29) is 5.56 Å². The minimum absolute atomic E-state index is 0.146. The van der Waals surface area contributed by atoms with Crippen molar-refractivity contribution in [3.8, 4) is 0 Å². The number of aromatic nitrogens is 2. The molecule has 1 aromatic heterocycles. The summed E-state index contributed by atoms with van der Waals surface area (Å²) < 4.78 is 2.13. The normalized spacial score (nSPS) is 12.9. The molecule has 5 nitrogen and oxygen atoms in total. The average Bonchev–Trinajstić information content (AvgIpc) is 2.54. The second kappa shape index (κ2) is 7.56. The summed E-state index contributed by atoms with van der Waals surface area (Å²) in [6, 6.07) is 6.17. The van der Waals surface area contributed by atoms with Crippen LogP contribution in [0.3, 0.4) is 0 Å². The molecule has 0 fully saturated rings. The van der Waals surface area contributed by atoms with Crippen LogP contribution in [0.4, 0.5) is 11.5 Å². The van der Waals surface area contributed by atoms with E-state index in [2.05, 4.69) is 43.7 Å². The summed E-state index contributed by atoms with van der Waals surface area (Å²) in [5.41, 5.74) is 3.39. The molecule has 0 saturated heterocycles. The summed E-state index contributed by atoms with van der Waals surface area (Å²) in [4.78, 5) is 16.2. The van der Waals surface area contributed by atoms with E-state index >= 15 is 0 Å². The van der Waals surface area contributed by atoms with Crippen LogP contribution in [0.2, 0.25) is 0 Å². The Morgan fingerprint density at radius 1 is 1.32 bits per heavy atom. The Bertz CT molecular complexity index is 712. The molecule has 1 aliphatic rings. The molecule has 1 aromatic carbocycles. The number of hydrogen-bond acceptors (Lipinski definition) is 4. The number of rotatable bonds is 2. The van der Waals surface area contributed by atoms with E-state index in [0.29, 0.717) is 10.4 Å². The van der Waals surface area contributed by atoms with Crippen LogP contribution in [-0.4, -0.2) is 16.1 Å². The molecule has 2 aromatic rings. The third-order valence-electron chi connectivity index (χ3n) is 3.40. The molecule has 118 valence electrons. The first kappa shape index (κ1) is 16.7. The number of hydrogen-bond donors (Lipinski definition) is 2. The van der Waals surface area contributed by atoms with E-state index in [1.807, 2.05) is 19.9 Å². The van der Waals surface area contributed by atoms with Gasteiger partial charge in [-0.2, -0.15) is 0 Å². The number of halogens is 1. The van der Waals surface area contributed by atoms with E-state index in [1.54, 1.807) is 13.2 Å². The molecule has 0 radical (unpaired) electrons. The summed E-state index contributed by atoms with van der Waals surface area (Å²) in [7, 11) is 1.71. The smallest absolute Gasteiger partial charge is 0.293 e. The van der Waals surface area contributed by atoms with Crippen molar-refractivity contribution >= 4 is 27.4 Å².